The van der Waals surface area contributed by atoms with Crippen LogP contribution >= 0.6 is 0 Å². The number of hydrogen-bond acceptors (Lipinski definition) is 4. The van der Waals surface area contributed by atoms with Crippen molar-refractivity contribution in [2.45, 2.75) is 33.3 Å². The summed E-state index contributed by atoms with van der Waals surface area (Å²) >= 11 is 0. The molecule has 1 heterocycles. The van der Waals surface area contributed by atoms with Gasteiger partial charge in [0.1, 0.15) is 29.8 Å². The fraction of sp³-hybridized carbons (Fsp3) is 0.238. The van der Waals surface area contributed by atoms with Crippen LogP contribution in [0.5, 0.6) is 5.75 Å². The van der Waals surface area contributed by atoms with Crippen LogP contribution in [0.3, 0.4) is 0 Å². The third-order valence-corrected chi connectivity index (χ3v) is 4.61. The summed E-state index contributed by atoms with van der Waals surface area (Å²) in [5.41, 5.74) is 3.78. The number of rotatable bonds is 6. The molecule has 0 bridgehead atoms. The van der Waals surface area contributed by atoms with Crippen molar-refractivity contribution < 1.29 is 23.4 Å². The highest BCUT2D eigenvalue weighted by molar-refractivity contribution is 5.82. The van der Waals surface area contributed by atoms with E-state index >= 15 is 0 Å². The maximum atomic E-state index is 13.9. The number of hydrogen-bond donors (Lipinski definition) is 1. The van der Waals surface area contributed by atoms with Gasteiger partial charge in [-0.25, -0.2) is 4.39 Å². The second kappa shape index (κ2) is 7.50. The maximum absolute atomic E-state index is 13.9. The van der Waals surface area contributed by atoms with Crippen LogP contribution in [0.4, 0.5) is 4.39 Å². The molecular weight excluding hydrogens is 349 g/mol. The third kappa shape index (κ3) is 3.93. The summed E-state index contributed by atoms with van der Waals surface area (Å²) in [6.45, 7) is 3.91. The Morgan fingerprint density at radius 1 is 1.22 bits per heavy atom. The quantitative estimate of drug-likeness (QED) is 0.685. The van der Waals surface area contributed by atoms with Crippen molar-refractivity contribution in [2.75, 3.05) is 0 Å². The van der Waals surface area contributed by atoms with E-state index in [0.717, 1.165) is 16.7 Å². The lowest BCUT2D eigenvalue weighted by Crippen LogP contribution is -2.03. The normalized spacial score (nSPS) is 10.7. The molecule has 3 aromatic rings. The standard InChI is InChI=1S/C21H18FNO4/c1-12-13(2)19(5-3-14(12)4-6-20(24)25)26-11-16-8-17(22)7-15-9-18(10-23)27-21(15)16/h3,5,7-9H,4,6,11H2,1-2H3,(H,24,25). The second-order valence-corrected chi connectivity index (χ2v) is 6.36. The number of carboxylic acids is 1. The van der Waals surface area contributed by atoms with Crippen LogP contribution in [0.15, 0.2) is 34.7 Å². The van der Waals surface area contributed by atoms with Gasteiger partial charge in [-0.2, -0.15) is 5.26 Å². The van der Waals surface area contributed by atoms with Crippen molar-refractivity contribution in [1.82, 2.24) is 0 Å². The number of nitrogens with zero attached hydrogens (tertiary/aromatic N) is 1. The topological polar surface area (TPSA) is 83.5 Å². The van der Waals surface area contributed by atoms with Gasteiger partial charge in [0.15, 0.2) is 0 Å². The van der Waals surface area contributed by atoms with E-state index in [9.17, 15) is 9.18 Å². The molecule has 0 fully saturated rings. The average molecular weight is 367 g/mol. The molecule has 0 atom stereocenters. The van der Waals surface area contributed by atoms with E-state index in [2.05, 4.69) is 0 Å². The SMILES string of the molecule is Cc1c(CCC(=O)O)ccc(OCc2cc(F)cc3cc(C#N)oc23)c1C. The number of carbonyl (C=O) groups is 1. The van der Waals surface area contributed by atoms with Gasteiger partial charge in [0.2, 0.25) is 5.76 Å². The van der Waals surface area contributed by atoms with Crippen LogP contribution in [0.1, 0.15) is 34.4 Å². The first-order valence-electron chi connectivity index (χ1n) is 8.44. The summed E-state index contributed by atoms with van der Waals surface area (Å²) in [7, 11) is 0. The first kappa shape index (κ1) is 18.5. The number of fused-ring (bicyclic) bond motifs is 1. The van der Waals surface area contributed by atoms with Gasteiger partial charge in [-0.05, 0) is 55.2 Å². The summed E-state index contributed by atoms with van der Waals surface area (Å²) in [6, 6.07) is 9.69. The average Bonchev–Trinajstić information content (AvgIpc) is 3.04. The van der Waals surface area contributed by atoms with Crippen molar-refractivity contribution in [2.24, 2.45) is 0 Å². The number of carboxylic acid groups (broad SMARTS) is 1. The molecule has 0 saturated heterocycles. The van der Waals surface area contributed by atoms with Crippen molar-refractivity contribution in [3.05, 3.63) is 64.2 Å². The first-order chi connectivity index (χ1) is 12.9. The molecule has 5 nitrogen and oxygen atoms in total. The Labute approximate surface area is 155 Å². The highest BCUT2D eigenvalue weighted by atomic mass is 19.1. The van der Waals surface area contributed by atoms with Crippen molar-refractivity contribution in [1.29, 1.82) is 5.26 Å². The molecule has 6 heteroatoms. The molecule has 138 valence electrons. The largest absolute Gasteiger partial charge is 0.488 e. The lowest BCUT2D eigenvalue weighted by Gasteiger charge is -2.14. The lowest BCUT2D eigenvalue weighted by atomic mass is 9.99. The van der Waals surface area contributed by atoms with Crippen LogP contribution in [-0.2, 0) is 17.8 Å². The molecule has 27 heavy (non-hydrogen) atoms. The summed E-state index contributed by atoms with van der Waals surface area (Å²) < 4.78 is 25.2. The number of ether oxygens (including phenoxy) is 1. The van der Waals surface area contributed by atoms with Crippen LogP contribution in [0.2, 0.25) is 0 Å². The molecule has 0 amide bonds. The number of aliphatic carboxylic acids is 1. The molecule has 3 rings (SSSR count). The Morgan fingerprint density at radius 3 is 2.70 bits per heavy atom. The molecule has 2 aromatic carbocycles. The molecular formula is C21H18FNO4. The van der Waals surface area contributed by atoms with Gasteiger partial charge in [-0.15, -0.1) is 0 Å². The van der Waals surface area contributed by atoms with E-state index in [1.807, 2.05) is 26.0 Å². The predicted octanol–water partition coefficient (Wildman–Crippen LogP) is 4.66. The van der Waals surface area contributed by atoms with Crippen LogP contribution in [-0.4, -0.2) is 11.1 Å². The number of aryl methyl sites for hydroxylation is 1. The minimum Gasteiger partial charge on any atom is -0.488 e. The minimum atomic E-state index is -0.835. The Bertz CT molecular complexity index is 1060. The zero-order chi connectivity index (χ0) is 19.6. The van der Waals surface area contributed by atoms with Gasteiger partial charge < -0.3 is 14.3 Å². The number of furan rings is 1. The third-order valence-electron chi connectivity index (χ3n) is 4.61. The molecule has 0 aliphatic rings. The van der Waals surface area contributed by atoms with E-state index in [1.54, 1.807) is 6.07 Å². The number of benzene rings is 2. The fourth-order valence-electron chi connectivity index (χ4n) is 3.02. The Morgan fingerprint density at radius 2 is 2.00 bits per heavy atom. The monoisotopic (exact) mass is 367 g/mol. The summed E-state index contributed by atoms with van der Waals surface area (Å²) in [5.74, 6) is -0.510. The van der Waals surface area contributed by atoms with Gasteiger partial charge in [0.25, 0.3) is 0 Å². The highest BCUT2D eigenvalue weighted by Gasteiger charge is 2.13. The van der Waals surface area contributed by atoms with Crippen LogP contribution < -0.4 is 4.74 Å². The molecule has 0 saturated carbocycles. The molecule has 0 aliphatic carbocycles. The number of nitriles is 1. The van der Waals surface area contributed by atoms with E-state index in [0.29, 0.717) is 28.7 Å². The van der Waals surface area contributed by atoms with E-state index in [4.69, 9.17) is 19.5 Å². The van der Waals surface area contributed by atoms with Gasteiger partial charge in [-0.3, -0.25) is 4.79 Å². The van der Waals surface area contributed by atoms with Gasteiger partial charge >= 0.3 is 5.97 Å². The molecule has 0 aliphatic heterocycles. The van der Waals surface area contributed by atoms with E-state index in [-0.39, 0.29) is 18.8 Å². The van der Waals surface area contributed by atoms with Crippen molar-refractivity contribution in [3.63, 3.8) is 0 Å². The highest BCUT2D eigenvalue weighted by Crippen LogP contribution is 2.29. The number of halogens is 1. The van der Waals surface area contributed by atoms with Gasteiger partial charge in [0.05, 0.1) is 0 Å². The van der Waals surface area contributed by atoms with Gasteiger partial charge in [-0.1, -0.05) is 6.07 Å². The molecule has 0 unspecified atom stereocenters. The zero-order valence-electron chi connectivity index (χ0n) is 15.0. The molecule has 0 radical (unpaired) electrons. The predicted molar refractivity (Wildman–Crippen MR) is 97.1 cm³/mol. The van der Waals surface area contributed by atoms with Crippen molar-refractivity contribution in [3.8, 4) is 11.8 Å². The maximum Gasteiger partial charge on any atom is 0.303 e. The van der Waals surface area contributed by atoms with Crippen LogP contribution in [0.25, 0.3) is 11.0 Å². The van der Waals surface area contributed by atoms with E-state index < -0.39 is 11.8 Å². The van der Waals surface area contributed by atoms with E-state index in [1.165, 1.54) is 18.2 Å². The summed E-state index contributed by atoms with van der Waals surface area (Å²) in [6.07, 6.45) is 0.525. The second-order valence-electron chi connectivity index (χ2n) is 6.36. The summed E-state index contributed by atoms with van der Waals surface area (Å²) in [4.78, 5) is 10.8. The van der Waals surface area contributed by atoms with Gasteiger partial charge in [0, 0.05) is 23.4 Å². The minimum absolute atomic E-state index is 0.0709. The molecule has 0 spiro atoms. The zero-order valence-corrected chi connectivity index (χ0v) is 15.0. The Hall–Kier alpha value is -3.33. The fourth-order valence-corrected chi connectivity index (χ4v) is 3.02. The molecule has 1 aromatic heterocycles. The smallest absolute Gasteiger partial charge is 0.303 e. The Balaban J connectivity index is 1.84. The van der Waals surface area contributed by atoms with Crippen molar-refractivity contribution >= 4 is 16.9 Å². The molecule has 1 N–H and O–H groups in total. The Kier molecular flexibility index (Phi) is 5.13. The summed E-state index contributed by atoms with van der Waals surface area (Å²) in [5, 5.41) is 18.3. The lowest BCUT2D eigenvalue weighted by molar-refractivity contribution is -0.136. The van der Waals surface area contributed by atoms with Crippen LogP contribution in [0, 0.1) is 31.0 Å². The first-order valence-corrected chi connectivity index (χ1v) is 8.44.